The average molecular weight is 385 g/mol. The van der Waals surface area contributed by atoms with Crippen LogP contribution in [-0.2, 0) is 4.79 Å². The highest BCUT2D eigenvalue weighted by molar-refractivity contribution is 6.20. The highest BCUT2D eigenvalue weighted by Gasteiger charge is 2.38. The summed E-state index contributed by atoms with van der Waals surface area (Å²) in [7, 11) is 1.60. The third kappa shape index (κ3) is 4.14. The second-order valence-corrected chi connectivity index (χ2v) is 6.27. The summed E-state index contributed by atoms with van der Waals surface area (Å²) in [5.41, 5.74) is 5.12. The van der Waals surface area contributed by atoms with Crippen LogP contribution in [0.4, 0.5) is 17.1 Å². The van der Waals surface area contributed by atoms with E-state index in [0.717, 1.165) is 11.4 Å². The van der Waals surface area contributed by atoms with Crippen molar-refractivity contribution >= 4 is 28.8 Å². The molecule has 144 valence electrons. The van der Waals surface area contributed by atoms with E-state index >= 15 is 0 Å². The van der Waals surface area contributed by atoms with Gasteiger partial charge in [0, 0.05) is 0 Å². The molecule has 0 spiro atoms. The van der Waals surface area contributed by atoms with Gasteiger partial charge < -0.3 is 4.74 Å². The predicted molar refractivity (Wildman–Crippen MR) is 112 cm³/mol. The second kappa shape index (κ2) is 8.35. The number of hydrazine groups is 1. The summed E-state index contributed by atoms with van der Waals surface area (Å²) < 4.78 is 5.15. The Kier molecular flexibility index (Phi) is 5.29. The summed E-state index contributed by atoms with van der Waals surface area (Å²) >= 11 is 0. The minimum Gasteiger partial charge on any atom is -0.497 e. The molecule has 7 nitrogen and oxygen atoms in total. The molecule has 1 amide bonds. The number of amides is 1. The van der Waals surface area contributed by atoms with Gasteiger partial charge in [-0.3, -0.25) is 10.2 Å². The Balaban J connectivity index is 1.66. The van der Waals surface area contributed by atoms with Crippen LogP contribution in [0, 0.1) is 0 Å². The number of para-hydroxylation sites is 2. The van der Waals surface area contributed by atoms with E-state index in [-0.39, 0.29) is 5.91 Å². The zero-order chi connectivity index (χ0) is 20.1. The Morgan fingerprint density at radius 1 is 0.862 bits per heavy atom. The maximum absolute atomic E-state index is 13.0. The number of hydrogen-bond donors (Lipinski definition) is 1. The lowest BCUT2D eigenvalue weighted by molar-refractivity contribution is -0.117. The largest absolute Gasteiger partial charge is 0.497 e. The smallest absolute Gasteiger partial charge is 0.280 e. The molecule has 3 aromatic carbocycles. The quantitative estimate of drug-likeness (QED) is 0.660. The summed E-state index contributed by atoms with van der Waals surface area (Å²) in [6.45, 7) is 0. The number of aliphatic imine (C=N–C) groups is 1. The van der Waals surface area contributed by atoms with E-state index in [9.17, 15) is 4.79 Å². The van der Waals surface area contributed by atoms with Gasteiger partial charge in [0.05, 0.1) is 24.2 Å². The Hall–Kier alpha value is -4.00. The van der Waals surface area contributed by atoms with Gasteiger partial charge in [0.2, 0.25) is 6.04 Å². The molecule has 7 heteroatoms. The number of carbonyl (C=O) groups is 1. The maximum atomic E-state index is 13.0. The first-order valence-corrected chi connectivity index (χ1v) is 9.09. The first kappa shape index (κ1) is 18.4. The first-order chi connectivity index (χ1) is 14.2. The summed E-state index contributed by atoms with van der Waals surface area (Å²) in [4.78, 5) is 17.6. The van der Waals surface area contributed by atoms with Crippen LogP contribution in [0.3, 0.4) is 0 Å². The van der Waals surface area contributed by atoms with Gasteiger partial charge in [0.25, 0.3) is 5.91 Å². The summed E-state index contributed by atoms with van der Waals surface area (Å²) in [5.74, 6) is 0.898. The van der Waals surface area contributed by atoms with E-state index in [4.69, 9.17) is 4.74 Å². The van der Waals surface area contributed by atoms with E-state index in [1.54, 1.807) is 31.4 Å². The van der Waals surface area contributed by atoms with Gasteiger partial charge in [-0.05, 0) is 48.5 Å². The minimum absolute atomic E-state index is 0.247. The highest BCUT2D eigenvalue weighted by atomic mass is 16.5. The van der Waals surface area contributed by atoms with Crippen molar-refractivity contribution in [2.24, 2.45) is 15.2 Å². The van der Waals surface area contributed by atoms with Crippen LogP contribution in [0.1, 0.15) is 0 Å². The van der Waals surface area contributed by atoms with Crippen LogP contribution in [-0.4, -0.2) is 24.9 Å². The molecule has 0 aliphatic carbocycles. The third-order valence-electron chi connectivity index (χ3n) is 4.32. The Labute approximate surface area is 168 Å². The standard InChI is InChI=1S/C22H19N5O2/c1-29-19-14-12-17(13-15-19)24-25-20-21(23-16-8-4-2-5-9-16)26-27(22(20)28)18-10-6-3-7-11-18/h2-15,20H,1H3,(H,23,26)/t20-/m0/s1. The van der Waals surface area contributed by atoms with E-state index in [1.807, 2.05) is 60.7 Å². The first-order valence-electron chi connectivity index (χ1n) is 9.09. The number of nitrogens with zero attached hydrogens (tertiary/aromatic N) is 4. The van der Waals surface area contributed by atoms with Gasteiger partial charge in [0.1, 0.15) is 5.75 Å². The molecule has 3 aromatic rings. The van der Waals surface area contributed by atoms with E-state index in [1.165, 1.54) is 5.01 Å². The molecule has 1 heterocycles. The number of ether oxygens (including phenoxy) is 1. The van der Waals surface area contributed by atoms with Crippen LogP contribution < -0.4 is 15.2 Å². The van der Waals surface area contributed by atoms with Gasteiger partial charge >= 0.3 is 0 Å². The van der Waals surface area contributed by atoms with Gasteiger partial charge in [0.15, 0.2) is 5.84 Å². The zero-order valence-electron chi connectivity index (χ0n) is 15.8. The number of azo groups is 1. The van der Waals surface area contributed by atoms with E-state index in [2.05, 4.69) is 20.6 Å². The van der Waals surface area contributed by atoms with Gasteiger partial charge in [-0.15, -0.1) is 0 Å². The number of rotatable bonds is 5. The topological polar surface area (TPSA) is 78.7 Å². The average Bonchev–Trinajstić information content (AvgIpc) is 3.09. The van der Waals surface area contributed by atoms with Crippen molar-refractivity contribution < 1.29 is 9.53 Å². The molecule has 0 unspecified atom stereocenters. The molecular formula is C22H19N5O2. The van der Waals surface area contributed by atoms with Gasteiger partial charge in [-0.1, -0.05) is 36.4 Å². The van der Waals surface area contributed by atoms with Crippen LogP contribution in [0.5, 0.6) is 5.75 Å². The summed E-state index contributed by atoms with van der Waals surface area (Å²) in [6.07, 6.45) is 0. The lowest BCUT2D eigenvalue weighted by Crippen LogP contribution is -2.35. The number of nitrogens with one attached hydrogen (secondary N) is 1. The number of methoxy groups -OCH3 is 1. The van der Waals surface area contributed by atoms with Crippen molar-refractivity contribution in [2.45, 2.75) is 6.04 Å². The molecule has 1 atom stereocenters. The summed E-state index contributed by atoms with van der Waals surface area (Å²) in [5, 5.41) is 9.96. The molecular weight excluding hydrogens is 366 g/mol. The van der Waals surface area contributed by atoms with Crippen LogP contribution >= 0.6 is 0 Å². The lowest BCUT2D eigenvalue weighted by atomic mass is 10.2. The molecule has 1 aliphatic rings. The molecule has 1 saturated heterocycles. The monoisotopic (exact) mass is 385 g/mol. The molecule has 29 heavy (non-hydrogen) atoms. The number of carbonyl (C=O) groups excluding carboxylic acids is 1. The number of hydrogen-bond acceptors (Lipinski definition) is 5. The molecule has 1 aliphatic heterocycles. The molecule has 0 saturated carbocycles. The molecule has 1 fully saturated rings. The van der Waals surface area contributed by atoms with Crippen LogP contribution in [0.15, 0.2) is 100 Å². The van der Waals surface area contributed by atoms with Crippen LogP contribution in [0.2, 0.25) is 0 Å². The number of benzene rings is 3. The van der Waals surface area contributed by atoms with Gasteiger partial charge in [-0.25, -0.2) is 10.0 Å². The van der Waals surface area contributed by atoms with Crippen molar-refractivity contribution in [3.05, 3.63) is 84.9 Å². The number of amidine groups is 1. The predicted octanol–water partition coefficient (Wildman–Crippen LogP) is 4.43. The van der Waals surface area contributed by atoms with E-state index in [0.29, 0.717) is 17.2 Å². The molecule has 0 bridgehead atoms. The third-order valence-corrected chi connectivity index (χ3v) is 4.32. The van der Waals surface area contributed by atoms with Crippen molar-refractivity contribution in [3.8, 4) is 5.75 Å². The van der Waals surface area contributed by atoms with Crippen LogP contribution in [0.25, 0.3) is 0 Å². The van der Waals surface area contributed by atoms with Crippen molar-refractivity contribution in [1.82, 2.24) is 5.43 Å². The Morgan fingerprint density at radius 3 is 2.17 bits per heavy atom. The maximum Gasteiger partial charge on any atom is 0.280 e. The second-order valence-electron chi connectivity index (χ2n) is 6.27. The Bertz CT molecular complexity index is 1030. The highest BCUT2D eigenvalue weighted by Crippen LogP contribution is 2.23. The summed E-state index contributed by atoms with van der Waals surface area (Å²) in [6, 6.07) is 25.0. The van der Waals surface area contributed by atoms with E-state index < -0.39 is 6.04 Å². The van der Waals surface area contributed by atoms with Crippen molar-refractivity contribution in [2.75, 3.05) is 12.1 Å². The normalized spacial score (nSPS) is 17.7. The number of anilines is 1. The van der Waals surface area contributed by atoms with Gasteiger partial charge in [-0.2, -0.15) is 10.2 Å². The molecule has 0 aromatic heterocycles. The zero-order valence-corrected chi connectivity index (χ0v) is 15.8. The fourth-order valence-electron chi connectivity index (χ4n) is 2.84. The lowest BCUT2D eigenvalue weighted by Gasteiger charge is -2.15. The fraction of sp³-hybridized carbons (Fsp3) is 0.0909. The van der Waals surface area contributed by atoms with Crippen molar-refractivity contribution in [3.63, 3.8) is 0 Å². The minimum atomic E-state index is -0.863. The van der Waals surface area contributed by atoms with Crippen molar-refractivity contribution in [1.29, 1.82) is 0 Å². The molecule has 0 radical (unpaired) electrons. The molecule has 1 N–H and O–H groups in total. The SMILES string of the molecule is COc1ccc(N=N[C@@H]2C(=O)N(c3ccccc3)NC2=Nc2ccccc2)cc1. The molecule has 4 rings (SSSR count). The fourth-order valence-corrected chi connectivity index (χ4v) is 2.84. The Morgan fingerprint density at radius 2 is 1.52 bits per heavy atom.